The summed E-state index contributed by atoms with van der Waals surface area (Å²) >= 11 is 0. The Balaban J connectivity index is 2.04. The normalized spacial score (nSPS) is 10.7. The molecule has 0 amide bonds. The van der Waals surface area contributed by atoms with Gasteiger partial charge in [-0.1, -0.05) is 24.3 Å². The van der Waals surface area contributed by atoms with Crippen molar-refractivity contribution < 1.29 is 14.3 Å². The van der Waals surface area contributed by atoms with Gasteiger partial charge in [0.25, 0.3) is 0 Å². The second-order valence-electron chi connectivity index (χ2n) is 4.24. The fraction of sp³-hybridized carbons (Fsp3) is 0.0667. The maximum absolute atomic E-state index is 10.6. The molecule has 0 aliphatic rings. The summed E-state index contributed by atoms with van der Waals surface area (Å²) in [5.41, 5.74) is 2.83. The third kappa shape index (κ3) is 2.33. The molecule has 4 nitrogen and oxygen atoms in total. The van der Waals surface area contributed by atoms with E-state index in [0.717, 1.165) is 5.56 Å². The van der Waals surface area contributed by atoms with E-state index >= 15 is 0 Å². The van der Waals surface area contributed by atoms with E-state index in [1.54, 1.807) is 18.2 Å². The molecule has 1 aromatic heterocycles. The van der Waals surface area contributed by atoms with Crippen LogP contribution >= 0.6 is 0 Å². The topological polar surface area (TPSA) is 66.2 Å². The van der Waals surface area contributed by atoms with Crippen molar-refractivity contribution in [1.29, 1.82) is 0 Å². The minimum absolute atomic E-state index is 0.122. The molecule has 0 aliphatic carbocycles. The lowest BCUT2D eigenvalue weighted by atomic mass is 10.1. The Morgan fingerprint density at radius 3 is 2.68 bits per heavy atom. The number of carbonyl (C=O) groups excluding carboxylic acids is 1. The Bertz CT molecular complexity index is 731. The van der Waals surface area contributed by atoms with Crippen LogP contribution in [0, 0.1) is 0 Å². The second kappa shape index (κ2) is 4.57. The standard InChI is InChI=1S/C15H11NO3/c17-14(18)9-10-6-7-13-12(8-10)16-15(19-13)11-4-2-1-3-5-11/h1-8H,9H2,(H,17,18)/p-1. The molecule has 0 spiro atoms. The third-order valence-corrected chi connectivity index (χ3v) is 2.82. The summed E-state index contributed by atoms with van der Waals surface area (Å²) in [5, 5.41) is 10.6. The van der Waals surface area contributed by atoms with Crippen LogP contribution < -0.4 is 5.11 Å². The van der Waals surface area contributed by atoms with Crippen molar-refractivity contribution in [2.24, 2.45) is 0 Å². The predicted octanol–water partition coefficient (Wildman–Crippen LogP) is 1.79. The van der Waals surface area contributed by atoms with Gasteiger partial charge in [-0.2, -0.15) is 0 Å². The van der Waals surface area contributed by atoms with E-state index in [9.17, 15) is 9.90 Å². The van der Waals surface area contributed by atoms with Crippen LogP contribution in [0.1, 0.15) is 5.56 Å². The molecule has 19 heavy (non-hydrogen) atoms. The Hall–Kier alpha value is -2.62. The third-order valence-electron chi connectivity index (χ3n) is 2.82. The average Bonchev–Trinajstić information content (AvgIpc) is 2.82. The Morgan fingerprint density at radius 1 is 1.16 bits per heavy atom. The lowest BCUT2D eigenvalue weighted by Gasteiger charge is -2.00. The SMILES string of the molecule is O=C([O-])Cc1ccc2oc(-c3ccccc3)nc2c1. The molecule has 4 heteroatoms. The molecule has 0 radical (unpaired) electrons. The van der Waals surface area contributed by atoms with Gasteiger partial charge in [-0.25, -0.2) is 4.98 Å². The van der Waals surface area contributed by atoms with Gasteiger partial charge in [0, 0.05) is 18.0 Å². The van der Waals surface area contributed by atoms with Crippen molar-refractivity contribution in [3.63, 3.8) is 0 Å². The highest BCUT2D eigenvalue weighted by Crippen LogP contribution is 2.24. The van der Waals surface area contributed by atoms with Gasteiger partial charge < -0.3 is 14.3 Å². The van der Waals surface area contributed by atoms with E-state index in [-0.39, 0.29) is 6.42 Å². The highest BCUT2D eigenvalue weighted by Gasteiger charge is 2.08. The van der Waals surface area contributed by atoms with Crippen molar-refractivity contribution in [2.45, 2.75) is 6.42 Å². The zero-order valence-corrected chi connectivity index (χ0v) is 10.00. The predicted molar refractivity (Wildman–Crippen MR) is 68.2 cm³/mol. The van der Waals surface area contributed by atoms with Crippen LogP contribution in [0.4, 0.5) is 0 Å². The largest absolute Gasteiger partial charge is 0.550 e. The zero-order valence-electron chi connectivity index (χ0n) is 10.00. The number of hydrogen-bond acceptors (Lipinski definition) is 4. The van der Waals surface area contributed by atoms with Crippen LogP contribution in [0.5, 0.6) is 0 Å². The maximum Gasteiger partial charge on any atom is 0.227 e. The number of carbonyl (C=O) groups is 1. The lowest BCUT2D eigenvalue weighted by molar-refractivity contribution is -0.304. The monoisotopic (exact) mass is 252 g/mol. The van der Waals surface area contributed by atoms with E-state index in [0.29, 0.717) is 22.6 Å². The van der Waals surface area contributed by atoms with Crippen molar-refractivity contribution in [1.82, 2.24) is 4.98 Å². The number of aromatic nitrogens is 1. The molecule has 0 atom stereocenters. The highest BCUT2D eigenvalue weighted by molar-refractivity contribution is 5.78. The van der Waals surface area contributed by atoms with Crippen molar-refractivity contribution in [3.05, 3.63) is 54.1 Å². The van der Waals surface area contributed by atoms with Gasteiger partial charge in [-0.3, -0.25) is 0 Å². The van der Waals surface area contributed by atoms with Gasteiger partial charge in [-0.05, 0) is 29.8 Å². The van der Waals surface area contributed by atoms with E-state index in [2.05, 4.69) is 4.98 Å². The average molecular weight is 252 g/mol. The fourth-order valence-corrected chi connectivity index (χ4v) is 1.95. The minimum Gasteiger partial charge on any atom is -0.550 e. The van der Waals surface area contributed by atoms with E-state index < -0.39 is 5.97 Å². The first-order valence-corrected chi connectivity index (χ1v) is 5.87. The molecule has 3 rings (SSSR count). The molecule has 0 saturated heterocycles. The van der Waals surface area contributed by atoms with Crippen LogP contribution in [-0.4, -0.2) is 11.0 Å². The minimum atomic E-state index is -1.11. The first-order valence-electron chi connectivity index (χ1n) is 5.87. The molecule has 3 aromatic rings. The molecule has 0 bridgehead atoms. The van der Waals surface area contributed by atoms with Crippen LogP contribution in [0.25, 0.3) is 22.6 Å². The van der Waals surface area contributed by atoms with Crippen LogP contribution in [0.2, 0.25) is 0 Å². The summed E-state index contributed by atoms with van der Waals surface area (Å²) < 4.78 is 5.64. The number of rotatable bonds is 3. The van der Waals surface area contributed by atoms with Gasteiger partial charge in [0.1, 0.15) is 5.52 Å². The van der Waals surface area contributed by atoms with Gasteiger partial charge in [-0.15, -0.1) is 0 Å². The van der Waals surface area contributed by atoms with E-state index in [1.807, 2.05) is 30.3 Å². The van der Waals surface area contributed by atoms with Crippen LogP contribution in [0.3, 0.4) is 0 Å². The number of oxazole rings is 1. The number of carboxylic acid groups (broad SMARTS) is 1. The van der Waals surface area contributed by atoms with Crippen molar-refractivity contribution >= 4 is 17.1 Å². The summed E-state index contributed by atoms with van der Waals surface area (Å²) in [5.74, 6) is -0.577. The van der Waals surface area contributed by atoms with Crippen molar-refractivity contribution in [2.75, 3.05) is 0 Å². The van der Waals surface area contributed by atoms with Gasteiger partial charge >= 0.3 is 0 Å². The molecule has 2 aromatic carbocycles. The molecule has 0 saturated carbocycles. The summed E-state index contributed by atoms with van der Waals surface area (Å²) in [6.45, 7) is 0. The number of benzene rings is 2. The molecule has 0 aliphatic heterocycles. The summed E-state index contributed by atoms with van der Waals surface area (Å²) in [6.07, 6.45) is -0.122. The van der Waals surface area contributed by atoms with E-state index in [4.69, 9.17) is 4.42 Å². The maximum atomic E-state index is 10.6. The molecular formula is C15H10NO3-. The zero-order chi connectivity index (χ0) is 13.2. The molecule has 94 valence electrons. The fourth-order valence-electron chi connectivity index (χ4n) is 1.95. The number of aliphatic carboxylic acids is 1. The molecule has 0 fully saturated rings. The quantitative estimate of drug-likeness (QED) is 0.712. The van der Waals surface area contributed by atoms with Crippen molar-refractivity contribution in [3.8, 4) is 11.5 Å². The number of carboxylic acids is 1. The number of hydrogen-bond donors (Lipinski definition) is 0. The van der Waals surface area contributed by atoms with E-state index in [1.165, 1.54) is 0 Å². The van der Waals surface area contributed by atoms with Gasteiger partial charge in [0.2, 0.25) is 5.89 Å². The number of fused-ring (bicyclic) bond motifs is 1. The smallest absolute Gasteiger partial charge is 0.227 e. The Morgan fingerprint density at radius 2 is 1.95 bits per heavy atom. The molecule has 1 heterocycles. The molecular weight excluding hydrogens is 242 g/mol. The molecule has 0 unspecified atom stereocenters. The summed E-state index contributed by atoms with van der Waals surface area (Å²) in [7, 11) is 0. The Labute approximate surface area is 109 Å². The Kier molecular flexibility index (Phi) is 2.76. The second-order valence-corrected chi connectivity index (χ2v) is 4.24. The number of nitrogens with zero attached hydrogens (tertiary/aromatic N) is 1. The van der Waals surface area contributed by atoms with Crippen LogP contribution in [0.15, 0.2) is 52.9 Å². The summed E-state index contributed by atoms with van der Waals surface area (Å²) in [4.78, 5) is 14.9. The lowest BCUT2D eigenvalue weighted by Crippen LogP contribution is -2.24. The first-order chi connectivity index (χ1) is 9.22. The summed E-state index contributed by atoms with van der Waals surface area (Å²) in [6, 6.07) is 14.7. The van der Waals surface area contributed by atoms with Gasteiger partial charge in [0.15, 0.2) is 5.58 Å². The highest BCUT2D eigenvalue weighted by atomic mass is 16.4. The van der Waals surface area contributed by atoms with Crippen LogP contribution in [-0.2, 0) is 11.2 Å². The first kappa shape index (κ1) is 11.5. The van der Waals surface area contributed by atoms with Gasteiger partial charge in [0.05, 0.1) is 0 Å². The molecule has 0 N–H and O–H groups in total.